The summed E-state index contributed by atoms with van der Waals surface area (Å²) in [5, 5.41) is 9.71. The first-order valence-corrected chi connectivity index (χ1v) is 8.20. The van der Waals surface area contributed by atoms with Crippen LogP contribution in [0.2, 0.25) is 0 Å². The zero-order valence-electron chi connectivity index (χ0n) is 12.5. The van der Waals surface area contributed by atoms with Crippen LogP contribution >= 0.6 is 0 Å². The smallest absolute Gasteiger partial charge is 0.244 e. The highest BCUT2D eigenvalue weighted by Crippen LogP contribution is 2.26. The van der Waals surface area contributed by atoms with Crippen molar-refractivity contribution < 1.29 is 4.79 Å². The minimum atomic E-state index is -0.175. The fourth-order valence-corrected chi connectivity index (χ4v) is 3.37. The summed E-state index contributed by atoms with van der Waals surface area (Å²) < 4.78 is 0. The fourth-order valence-electron chi connectivity index (χ4n) is 3.37. The summed E-state index contributed by atoms with van der Waals surface area (Å²) in [7, 11) is 0. The Hall–Kier alpha value is -1.71. The van der Waals surface area contributed by atoms with Gasteiger partial charge in [0.15, 0.2) is 0 Å². The van der Waals surface area contributed by atoms with Gasteiger partial charge in [-0.3, -0.25) is 4.79 Å². The first kappa shape index (κ1) is 14.2. The predicted molar refractivity (Wildman–Crippen MR) is 86.5 cm³/mol. The number of carbonyl (C=O) groups is 1. The van der Waals surface area contributed by atoms with Crippen LogP contribution in [0.15, 0.2) is 24.3 Å². The molecule has 1 fully saturated rings. The Morgan fingerprint density at radius 3 is 2.71 bits per heavy atom. The monoisotopic (exact) mass is 287 g/mol. The van der Waals surface area contributed by atoms with Gasteiger partial charge < -0.3 is 16.0 Å². The van der Waals surface area contributed by atoms with Gasteiger partial charge in [-0.1, -0.05) is 44.2 Å². The lowest BCUT2D eigenvalue weighted by Crippen LogP contribution is -2.46. The number of para-hydroxylation sites is 2. The van der Waals surface area contributed by atoms with Crippen molar-refractivity contribution in [3.8, 4) is 0 Å². The lowest BCUT2D eigenvalue weighted by molar-refractivity contribution is -0.121. The van der Waals surface area contributed by atoms with Crippen LogP contribution in [0.3, 0.4) is 0 Å². The number of anilines is 2. The third-order valence-corrected chi connectivity index (χ3v) is 4.65. The first-order chi connectivity index (χ1) is 10.3. The zero-order chi connectivity index (χ0) is 14.5. The van der Waals surface area contributed by atoms with Gasteiger partial charge in [-0.2, -0.15) is 0 Å². The van der Waals surface area contributed by atoms with E-state index in [2.05, 4.69) is 16.0 Å². The molecular weight excluding hydrogens is 262 g/mol. The third kappa shape index (κ3) is 3.69. The van der Waals surface area contributed by atoms with Gasteiger partial charge in [-0.15, -0.1) is 0 Å². The minimum absolute atomic E-state index is 0.104. The van der Waals surface area contributed by atoms with Gasteiger partial charge in [0.1, 0.15) is 6.04 Å². The number of hydrogen-bond acceptors (Lipinski definition) is 3. The largest absolute Gasteiger partial charge is 0.381 e. The van der Waals surface area contributed by atoms with Crippen molar-refractivity contribution in [3.63, 3.8) is 0 Å². The van der Waals surface area contributed by atoms with Crippen LogP contribution in [-0.2, 0) is 4.79 Å². The molecule has 1 aromatic carbocycles. The molecule has 2 aliphatic rings. The second kappa shape index (κ2) is 6.83. The summed E-state index contributed by atoms with van der Waals surface area (Å²) in [6.07, 6.45) is 7.92. The molecule has 0 bridgehead atoms. The maximum atomic E-state index is 12.2. The Balaban J connectivity index is 1.44. The molecule has 3 rings (SSSR count). The SMILES string of the molecule is O=C(NCCC1CCCCC1)C1CNc2ccccc2N1. The molecule has 3 N–H and O–H groups in total. The summed E-state index contributed by atoms with van der Waals surface area (Å²) >= 11 is 0. The first-order valence-electron chi connectivity index (χ1n) is 8.20. The van der Waals surface area contributed by atoms with Gasteiger partial charge in [0, 0.05) is 13.1 Å². The Morgan fingerprint density at radius 1 is 1.14 bits per heavy atom. The van der Waals surface area contributed by atoms with Crippen LogP contribution in [0.1, 0.15) is 38.5 Å². The highest BCUT2D eigenvalue weighted by atomic mass is 16.2. The van der Waals surface area contributed by atoms with E-state index in [0.29, 0.717) is 6.54 Å². The van der Waals surface area contributed by atoms with E-state index in [4.69, 9.17) is 0 Å². The van der Waals surface area contributed by atoms with Crippen molar-refractivity contribution in [1.82, 2.24) is 5.32 Å². The van der Waals surface area contributed by atoms with Crippen molar-refractivity contribution in [2.75, 3.05) is 23.7 Å². The molecule has 4 nitrogen and oxygen atoms in total. The van der Waals surface area contributed by atoms with E-state index >= 15 is 0 Å². The zero-order valence-corrected chi connectivity index (χ0v) is 12.5. The Kier molecular flexibility index (Phi) is 4.63. The molecule has 4 heteroatoms. The molecule has 1 amide bonds. The van der Waals surface area contributed by atoms with Crippen LogP contribution in [0, 0.1) is 5.92 Å². The second-order valence-corrected chi connectivity index (χ2v) is 6.21. The van der Waals surface area contributed by atoms with Crippen LogP contribution in [-0.4, -0.2) is 25.0 Å². The highest BCUT2D eigenvalue weighted by molar-refractivity contribution is 5.88. The summed E-state index contributed by atoms with van der Waals surface area (Å²) in [6.45, 7) is 1.45. The van der Waals surface area contributed by atoms with Crippen molar-refractivity contribution in [2.24, 2.45) is 5.92 Å². The second-order valence-electron chi connectivity index (χ2n) is 6.21. The van der Waals surface area contributed by atoms with Gasteiger partial charge in [0.2, 0.25) is 5.91 Å². The van der Waals surface area contributed by atoms with E-state index in [1.54, 1.807) is 0 Å². The van der Waals surface area contributed by atoms with Crippen molar-refractivity contribution >= 4 is 17.3 Å². The summed E-state index contributed by atoms with van der Waals surface area (Å²) in [5.41, 5.74) is 2.08. The molecule has 1 unspecified atom stereocenters. The molecule has 1 aromatic rings. The third-order valence-electron chi connectivity index (χ3n) is 4.65. The highest BCUT2D eigenvalue weighted by Gasteiger charge is 2.23. The number of fused-ring (bicyclic) bond motifs is 1. The number of nitrogens with one attached hydrogen (secondary N) is 3. The molecule has 0 spiro atoms. The van der Waals surface area contributed by atoms with E-state index < -0.39 is 0 Å². The maximum absolute atomic E-state index is 12.2. The molecule has 0 radical (unpaired) electrons. The molecule has 1 saturated carbocycles. The normalized spacial score (nSPS) is 21.8. The number of carbonyl (C=O) groups excluding carboxylic acids is 1. The van der Waals surface area contributed by atoms with E-state index in [1.807, 2.05) is 24.3 Å². The molecule has 114 valence electrons. The lowest BCUT2D eigenvalue weighted by atomic mass is 9.87. The van der Waals surface area contributed by atoms with Crippen molar-refractivity contribution in [3.05, 3.63) is 24.3 Å². The average molecular weight is 287 g/mol. The Labute approximate surface area is 126 Å². The summed E-state index contributed by atoms with van der Waals surface area (Å²) in [6, 6.07) is 7.84. The van der Waals surface area contributed by atoms with E-state index in [-0.39, 0.29) is 11.9 Å². The van der Waals surface area contributed by atoms with Crippen molar-refractivity contribution in [1.29, 1.82) is 0 Å². The van der Waals surface area contributed by atoms with Crippen LogP contribution < -0.4 is 16.0 Å². The molecule has 0 aromatic heterocycles. The topological polar surface area (TPSA) is 53.2 Å². The Morgan fingerprint density at radius 2 is 1.90 bits per heavy atom. The molecule has 21 heavy (non-hydrogen) atoms. The summed E-state index contributed by atoms with van der Waals surface area (Å²) in [5.74, 6) is 0.921. The molecule has 1 aliphatic heterocycles. The van der Waals surface area contributed by atoms with E-state index in [9.17, 15) is 4.79 Å². The number of hydrogen-bond donors (Lipinski definition) is 3. The molecule has 1 aliphatic carbocycles. The van der Waals surface area contributed by atoms with Gasteiger partial charge >= 0.3 is 0 Å². The predicted octanol–water partition coefficient (Wildman–Crippen LogP) is 2.98. The van der Waals surface area contributed by atoms with Gasteiger partial charge in [-0.25, -0.2) is 0 Å². The van der Waals surface area contributed by atoms with E-state index in [1.165, 1.54) is 32.1 Å². The molecule has 0 saturated heterocycles. The average Bonchev–Trinajstić information content (AvgIpc) is 2.55. The summed E-state index contributed by atoms with van der Waals surface area (Å²) in [4.78, 5) is 12.2. The fraction of sp³-hybridized carbons (Fsp3) is 0.588. The van der Waals surface area contributed by atoms with E-state index in [0.717, 1.165) is 30.3 Å². The molecule has 1 heterocycles. The van der Waals surface area contributed by atoms with Gasteiger partial charge in [0.25, 0.3) is 0 Å². The Bertz CT molecular complexity index is 483. The molecule has 1 atom stereocenters. The number of amides is 1. The number of benzene rings is 1. The van der Waals surface area contributed by atoms with Crippen LogP contribution in [0.5, 0.6) is 0 Å². The minimum Gasteiger partial charge on any atom is -0.381 e. The van der Waals surface area contributed by atoms with Crippen LogP contribution in [0.4, 0.5) is 11.4 Å². The lowest BCUT2D eigenvalue weighted by Gasteiger charge is -2.28. The van der Waals surface area contributed by atoms with Gasteiger partial charge in [-0.05, 0) is 24.5 Å². The van der Waals surface area contributed by atoms with Gasteiger partial charge in [0.05, 0.1) is 11.4 Å². The maximum Gasteiger partial charge on any atom is 0.244 e. The van der Waals surface area contributed by atoms with Crippen LogP contribution in [0.25, 0.3) is 0 Å². The molecular formula is C17H25N3O. The van der Waals surface area contributed by atoms with Crippen molar-refractivity contribution in [2.45, 2.75) is 44.6 Å². The standard InChI is InChI=1S/C17H25N3O/c21-17(18-11-10-13-6-2-1-3-7-13)16-12-19-14-8-4-5-9-15(14)20-16/h4-5,8-9,13,16,19-20H,1-3,6-7,10-12H2,(H,18,21). The quantitative estimate of drug-likeness (QED) is 0.798. The number of rotatable bonds is 4.